The highest BCUT2D eigenvalue weighted by Gasteiger charge is 2.74. The van der Waals surface area contributed by atoms with Crippen LogP contribution in [-0.2, 0) is 22.0 Å². The molecule has 0 saturated carbocycles. The maximum absolute atomic E-state index is 13.4. The van der Waals surface area contributed by atoms with E-state index < -0.39 is 16.7 Å². The lowest BCUT2D eigenvalue weighted by Gasteiger charge is -2.62. The summed E-state index contributed by atoms with van der Waals surface area (Å²) in [5.74, 6) is -0.247. The number of methoxy groups -OCH3 is 1. The number of aromatic hydroxyl groups is 3. The summed E-state index contributed by atoms with van der Waals surface area (Å²) in [6, 6.07) is 6.69. The fourth-order valence-electron chi connectivity index (χ4n) is 7.19. The van der Waals surface area contributed by atoms with Gasteiger partial charge in [0.2, 0.25) is 0 Å². The number of phenolic OH excluding ortho intramolecular Hbond substituents is 3. The van der Waals surface area contributed by atoms with Gasteiger partial charge in [-0.2, -0.15) is 0 Å². The third-order valence-electron chi connectivity index (χ3n) is 8.15. The number of likely N-dealkylation sites (tertiary alicyclic amines) is 1. The predicted octanol–water partition coefficient (Wildman–Crippen LogP) is 2.48. The van der Waals surface area contributed by atoms with E-state index in [9.17, 15) is 20.1 Å². The smallest absolute Gasteiger partial charge is 0.163 e. The summed E-state index contributed by atoms with van der Waals surface area (Å²) in [5, 5.41) is 33.2. The van der Waals surface area contributed by atoms with Crippen LogP contribution in [0, 0.1) is 0 Å². The minimum Gasteiger partial charge on any atom is -0.508 e. The van der Waals surface area contributed by atoms with Gasteiger partial charge in [0.25, 0.3) is 0 Å². The quantitative estimate of drug-likeness (QED) is 0.632. The van der Waals surface area contributed by atoms with Crippen molar-refractivity contribution < 1.29 is 24.9 Å². The van der Waals surface area contributed by atoms with E-state index in [0.717, 1.165) is 17.7 Å². The molecule has 2 aromatic carbocycles. The summed E-state index contributed by atoms with van der Waals surface area (Å²) in [7, 11) is 3.58. The van der Waals surface area contributed by atoms with Gasteiger partial charge in [0, 0.05) is 33.6 Å². The number of ketones is 1. The van der Waals surface area contributed by atoms with Crippen molar-refractivity contribution in [2.45, 2.75) is 35.6 Å². The van der Waals surface area contributed by atoms with Crippen LogP contribution in [0.25, 0.3) is 0 Å². The molecule has 1 saturated heterocycles. The molecule has 4 aliphatic rings. The highest BCUT2D eigenvalue weighted by molar-refractivity contribution is 6.03. The van der Waals surface area contributed by atoms with E-state index in [1.165, 1.54) is 19.2 Å². The zero-order valence-electron chi connectivity index (χ0n) is 16.8. The van der Waals surface area contributed by atoms with E-state index in [-0.39, 0.29) is 29.1 Å². The molecule has 3 aliphatic carbocycles. The van der Waals surface area contributed by atoms with E-state index in [2.05, 4.69) is 11.9 Å². The molecule has 1 aliphatic heterocycles. The summed E-state index contributed by atoms with van der Waals surface area (Å²) in [5.41, 5.74) is 1.32. The Morgan fingerprint density at radius 1 is 1.10 bits per heavy atom. The SMILES string of the molecule is COc1ccc2c(c1O)C13CCN(C)C(C2)C12C=CC(=O)C3c1c(O)ccc(O)c12. The molecule has 0 amide bonds. The maximum Gasteiger partial charge on any atom is 0.163 e. The number of rotatable bonds is 1. The van der Waals surface area contributed by atoms with Gasteiger partial charge in [0.15, 0.2) is 17.3 Å². The van der Waals surface area contributed by atoms with E-state index in [1.807, 2.05) is 12.1 Å². The van der Waals surface area contributed by atoms with Gasteiger partial charge in [-0.1, -0.05) is 12.1 Å². The third-order valence-corrected chi connectivity index (χ3v) is 8.15. The van der Waals surface area contributed by atoms with Crippen molar-refractivity contribution in [2.24, 2.45) is 0 Å². The number of allylic oxidation sites excluding steroid dienone is 1. The van der Waals surface area contributed by atoms with Crippen molar-refractivity contribution in [3.63, 3.8) is 0 Å². The molecule has 3 N–H and O–H groups in total. The van der Waals surface area contributed by atoms with Gasteiger partial charge < -0.3 is 25.0 Å². The highest BCUT2D eigenvalue weighted by Crippen LogP contribution is 2.74. The van der Waals surface area contributed by atoms with Gasteiger partial charge >= 0.3 is 0 Å². The number of nitrogens with zero attached hydrogens (tertiary/aromatic N) is 1. The average molecular weight is 405 g/mol. The molecule has 2 aromatic rings. The number of benzene rings is 2. The third kappa shape index (κ3) is 1.63. The van der Waals surface area contributed by atoms with Crippen molar-refractivity contribution in [1.29, 1.82) is 0 Å². The summed E-state index contributed by atoms with van der Waals surface area (Å²) in [6.45, 7) is 0.746. The number of ether oxygens (including phenoxy) is 1. The molecule has 30 heavy (non-hydrogen) atoms. The van der Waals surface area contributed by atoms with Gasteiger partial charge in [-0.05, 0) is 56.3 Å². The van der Waals surface area contributed by atoms with Crippen LogP contribution in [-0.4, -0.2) is 52.7 Å². The lowest BCUT2D eigenvalue weighted by Crippen LogP contribution is -2.68. The Hall–Kier alpha value is -2.99. The Labute approximate surface area is 174 Å². The van der Waals surface area contributed by atoms with Crippen LogP contribution in [0.3, 0.4) is 0 Å². The second-order valence-corrected chi connectivity index (χ2v) is 9.00. The standard InChI is InChI=1S/C24H23NO5/c1-25-10-9-24-19-12(3-6-16(30-2)22(19)29)11-17(25)23(24)8-7-15(28)21(24)18-13(26)4-5-14(27)20(18)23/h3-8,17,21,26-27,29H,9-11H2,1-2H3. The van der Waals surface area contributed by atoms with Gasteiger partial charge in [0.1, 0.15) is 11.5 Å². The molecular weight excluding hydrogens is 382 g/mol. The van der Waals surface area contributed by atoms with Crippen molar-refractivity contribution in [1.82, 2.24) is 4.90 Å². The van der Waals surface area contributed by atoms with Gasteiger partial charge in [-0.25, -0.2) is 0 Å². The van der Waals surface area contributed by atoms with Crippen molar-refractivity contribution in [3.05, 3.63) is 58.7 Å². The number of likely N-dealkylation sites (N-methyl/N-ethyl adjacent to an activating group) is 1. The molecule has 0 spiro atoms. The first kappa shape index (κ1) is 17.8. The molecule has 1 fully saturated rings. The van der Waals surface area contributed by atoms with E-state index in [1.54, 1.807) is 12.1 Å². The summed E-state index contributed by atoms with van der Waals surface area (Å²) in [4.78, 5) is 15.7. The number of fused-ring (bicyclic) bond motifs is 3. The molecule has 0 radical (unpaired) electrons. The molecule has 6 heteroatoms. The maximum atomic E-state index is 13.4. The Balaban J connectivity index is 1.83. The van der Waals surface area contributed by atoms with Crippen LogP contribution >= 0.6 is 0 Å². The monoisotopic (exact) mass is 405 g/mol. The fourth-order valence-corrected chi connectivity index (χ4v) is 7.19. The number of carbonyl (C=O) groups excluding carboxylic acids is 1. The summed E-state index contributed by atoms with van der Waals surface area (Å²) < 4.78 is 5.42. The Bertz CT molecular complexity index is 1170. The van der Waals surface area contributed by atoms with Crippen LogP contribution in [0.2, 0.25) is 0 Å². The molecular formula is C24H23NO5. The van der Waals surface area contributed by atoms with Crippen LogP contribution in [0.15, 0.2) is 36.4 Å². The number of phenols is 3. The van der Waals surface area contributed by atoms with E-state index in [0.29, 0.717) is 29.7 Å². The van der Waals surface area contributed by atoms with Crippen molar-refractivity contribution in [3.8, 4) is 23.0 Å². The molecule has 1 heterocycles. The normalized spacial score (nSPS) is 33.1. The molecule has 4 atom stereocenters. The van der Waals surface area contributed by atoms with Crippen LogP contribution in [0.1, 0.15) is 34.6 Å². The molecule has 4 unspecified atom stereocenters. The largest absolute Gasteiger partial charge is 0.508 e. The lowest BCUT2D eigenvalue weighted by molar-refractivity contribution is -0.120. The van der Waals surface area contributed by atoms with Crippen molar-refractivity contribution >= 4 is 5.78 Å². The van der Waals surface area contributed by atoms with E-state index in [4.69, 9.17) is 4.74 Å². The zero-order chi connectivity index (χ0) is 21.0. The Kier molecular flexibility index (Phi) is 3.20. The second-order valence-electron chi connectivity index (χ2n) is 9.00. The van der Waals surface area contributed by atoms with Crippen LogP contribution < -0.4 is 4.74 Å². The van der Waals surface area contributed by atoms with Crippen molar-refractivity contribution in [2.75, 3.05) is 20.7 Å². The average Bonchev–Trinajstić information content (AvgIpc) is 2.94. The fraction of sp³-hybridized carbons (Fsp3) is 0.375. The molecule has 6 nitrogen and oxygen atoms in total. The van der Waals surface area contributed by atoms with Gasteiger partial charge in [0.05, 0.1) is 13.0 Å². The molecule has 0 aromatic heterocycles. The Morgan fingerprint density at radius 3 is 2.63 bits per heavy atom. The zero-order valence-corrected chi connectivity index (χ0v) is 16.8. The predicted molar refractivity (Wildman–Crippen MR) is 109 cm³/mol. The topological polar surface area (TPSA) is 90.2 Å². The first-order valence-corrected chi connectivity index (χ1v) is 10.3. The summed E-state index contributed by atoms with van der Waals surface area (Å²) in [6.07, 6.45) is 4.81. The lowest BCUT2D eigenvalue weighted by atomic mass is 9.44. The number of piperidine rings is 1. The van der Waals surface area contributed by atoms with Crippen LogP contribution in [0.4, 0.5) is 0 Å². The second kappa shape index (κ2) is 5.38. The first-order chi connectivity index (χ1) is 14.4. The van der Waals surface area contributed by atoms with Crippen LogP contribution in [0.5, 0.6) is 23.0 Å². The molecule has 154 valence electrons. The molecule has 4 bridgehead atoms. The number of hydrogen-bond donors (Lipinski definition) is 3. The van der Waals surface area contributed by atoms with Gasteiger partial charge in [-0.3, -0.25) is 4.79 Å². The highest BCUT2D eigenvalue weighted by atomic mass is 16.5. The first-order valence-electron chi connectivity index (χ1n) is 10.3. The number of hydrogen-bond acceptors (Lipinski definition) is 6. The number of carbonyl (C=O) groups is 1. The summed E-state index contributed by atoms with van der Waals surface area (Å²) >= 11 is 0. The van der Waals surface area contributed by atoms with E-state index >= 15 is 0 Å². The minimum atomic E-state index is -0.791. The Morgan fingerprint density at radius 2 is 1.87 bits per heavy atom. The van der Waals surface area contributed by atoms with Gasteiger partial charge in [-0.15, -0.1) is 0 Å². The molecule has 6 rings (SSSR count). The minimum absolute atomic E-state index is 0.0187.